The van der Waals surface area contributed by atoms with Crippen LogP contribution in [0.4, 0.5) is 5.69 Å². The number of hydrogen-bond donors (Lipinski definition) is 1. The van der Waals surface area contributed by atoms with E-state index >= 15 is 0 Å². The predicted octanol–water partition coefficient (Wildman–Crippen LogP) is 2.60. The van der Waals surface area contributed by atoms with Crippen LogP contribution in [0.15, 0.2) is 24.3 Å². The SMILES string of the molecule is C[C@H]1CCC[C@H](C)N1C[C@H](O)COc1ccccc1[N+](=O)[O-]. The van der Waals surface area contributed by atoms with Gasteiger partial charge in [0.05, 0.1) is 4.92 Å². The van der Waals surface area contributed by atoms with E-state index in [0.717, 1.165) is 12.8 Å². The van der Waals surface area contributed by atoms with Gasteiger partial charge in [0.2, 0.25) is 0 Å². The van der Waals surface area contributed by atoms with E-state index in [0.29, 0.717) is 18.6 Å². The number of aliphatic hydroxyl groups excluding tert-OH is 1. The summed E-state index contributed by atoms with van der Waals surface area (Å²) < 4.78 is 5.45. The summed E-state index contributed by atoms with van der Waals surface area (Å²) in [6.45, 7) is 4.93. The van der Waals surface area contributed by atoms with Crippen molar-refractivity contribution in [3.63, 3.8) is 0 Å². The number of piperidine rings is 1. The maximum absolute atomic E-state index is 10.9. The van der Waals surface area contributed by atoms with Crippen molar-refractivity contribution in [1.29, 1.82) is 0 Å². The fourth-order valence-electron chi connectivity index (χ4n) is 3.05. The molecule has 0 amide bonds. The van der Waals surface area contributed by atoms with Crippen LogP contribution in [-0.4, -0.2) is 46.3 Å². The average molecular weight is 308 g/mol. The molecule has 0 bridgehead atoms. The number of rotatable bonds is 6. The summed E-state index contributed by atoms with van der Waals surface area (Å²) in [6, 6.07) is 7.13. The van der Waals surface area contributed by atoms with Gasteiger partial charge in [-0.25, -0.2) is 0 Å². The zero-order valence-electron chi connectivity index (χ0n) is 13.1. The van der Waals surface area contributed by atoms with Gasteiger partial charge in [-0.15, -0.1) is 0 Å². The van der Waals surface area contributed by atoms with Crippen LogP contribution in [0.2, 0.25) is 0 Å². The first kappa shape index (κ1) is 16.7. The minimum Gasteiger partial charge on any atom is -0.484 e. The number of β-amino-alcohol motifs (C(OH)–C–C–N with tert-alkyl or cyclic N) is 1. The van der Waals surface area contributed by atoms with E-state index in [1.165, 1.54) is 12.5 Å². The second-order valence-electron chi connectivity index (χ2n) is 6.02. The number of nitro benzene ring substituents is 1. The molecule has 1 aromatic carbocycles. The zero-order valence-corrected chi connectivity index (χ0v) is 13.1. The minimum absolute atomic E-state index is 0.0563. The largest absolute Gasteiger partial charge is 0.484 e. The summed E-state index contributed by atoms with van der Waals surface area (Å²) in [6.07, 6.45) is 2.84. The molecule has 122 valence electrons. The Balaban J connectivity index is 1.90. The van der Waals surface area contributed by atoms with Crippen molar-refractivity contribution in [2.75, 3.05) is 13.2 Å². The molecule has 3 atom stereocenters. The number of benzene rings is 1. The van der Waals surface area contributed by atoms with Crippen molar-refractivity contribution in [2.24, 2.45) is 0 Å². The molecule has 1 saturated heterocycles. The van der Waals surface area contributed by atoms with Crippen molar-refractivity contribution in [2.45, 2.75) is 51.3 Å². The normalized spacial score (nSPS) is 24.0. The average Bonchev–Trinajstić information content (AvgIpc) is 2.49. The Morgan fingerprint density at radius 2 is 2.00 bits per heavy atom. The second kappa shape index (κ2) is 7.56. The molecule has 0 aliphatic carbocycles. The van der Waals surface area contributed by atoms with Gasteiger partial charge in [-0.05, 0) is 32.8 Å². The summed E-state index contributed by atoms with van der Waals surface area (Å²) >= 11 is 0. The van der Waals surface area contributed by atoms with Gasteiger partial charge < -0.3 is 9.84 Å². The first-order valence-electron chi connectivity index (χ1n) is 7.79. The molecule has 2 rings (SSSR count). The van der Waals surface area contributed by atoms with Gasteiger partial charge in [0.25, 0.3) is 0 Å². The highest BCUT2D eigenvalue weighted by molar-refractivity contribution is 5.45. The van der Waals surface area contributed by atoms with Crippen molar-refractivity contribution in [3.05, 3.63) is 34.4 Å². The molecule has 6 nitrogen and oxygen atoms in total. The van der Waals surface area contributed by atoms with E-state index < -0.39 is 11.0 Å². The highest BCUT2D eigenvalue weighted by atomic mass is 16.6. The van der Waals surface area contributed by atoms with Gasteiger partial charge in [0, 0.05) is 24.7 Å². The Bertz CT molecular complexity index is 499. The first-order chi connectivity index (χ1) is 10.5. The number of aliphatic hydroxyl groups is 1. The maximum Gasteiger partial charge on any atom is 0.310 e. The van der Waals surface area contributed by atoms with Crippen LogP contribution in [0.3, 0.4) is 0 Å². The molecule has 0 unspecified atom stereocenters. The van der Waals surface area contributed by atoms with Crippen LogP contribution < -0.4 is 4.74 Å². The molecule has 0 saturated carbocycles. The molecule has 0 radical (unpaired) electrons. The van der Waals surface area contributed by atoms with Gasteiger partial charge in [-0.1, -0.05) is 18.6 Å². The first-order valence-corrected chi connectivity index (χ1v) is 7.79. The summed E-state index contributed by atoms with van der Waals surface area (Å²) in [4.78, 5) is 12.7. The maximum atomic E-state index is 10.9. The van der Waals surface area contributed by atoms with Crippen molar-refractivity contribution < 1.29 is 14.8 Å². The zero-order chi connectivity index (χ0) is 16.1. The predicted molar refractivity (Wildman–Crippen MR) is 84.1 cm³/mol. The van der Waals surface area contributed by atoms with E-state index in [9.17, 15) is 15.2 Å². The molecule has 1 aliphatic heterocycles. The van der Waals surface area contributed by atoms with Gasteiger partial charge in [0.1, 0.15) is 12.7 Å². The van der Waals surface area contributed by atoms with Crippen molar-refractivity contribution >= 4 is 5.69 Å². The molecule has 6 heteroatoms. The fourth-order valence-corrected chi connectivity index (χ4v) is 3.05. The molecule has 1 heterocycles. The summed E-state index contributed by atoms with van der Waals surface area (Å²) in [5, 5.41) is 21.1. The summed E-state index contributed by atoms with van der Waals surface area (Å²) in [5.74, 6) is 0.200. The Labute approximate surface area is 130 Å². The lowest BCUT2D eigenvalue weighted by Crippen LogP contribution is -2.48. The molecule has 22 heavy (non-hydrogen) atoms. The Morgan fingerprint density at radius 1 is 1.36 bits per heavy atom. The lowest BCUT2D eigenvalue weighted by molar-refractivity contribution is -0.385. The van der Waals surface area contributed by atoms with Crippen molar-refractivity contribution in [3.8, 4) is 5.75 Å². The van der Waals surface area contributed by atoms with Crippen molar-refractivity contribution in [1.82, 2.24) is 4.90 Å². The highest BCUT2D eigenvalue weighted by Gasteiger charge is 2.26. The molecule has 0 aromatic heterocycles. The van der Waals surface area contributed by atoms with Crippen LogP contribution in [0.5, 0.6) is 5.75 Å². The monoisotopic (exact) mass is 308 g/mol. The van der Waals surface area contributed by atoms with Gasteiger partial charge in [-0.3, -0.25) is 15.0 Å². The lowest BCUT2D eigenvalue weighted by atomic mass is 9.97. The van der Waals surface area contributed by atoms with Crippen LogP contribution in [-0.2, 0) is 0 Å². The van der Waals surface area contributed by atoms with Gasteiger partial charge in [-0.2, -0.15) is 0 Å². The topological polar surface area (TPSA) is 75.8 Å². The molecule has 1 fully saturated rings. The van der Waals surface area contributed by atoms with Crippen LogP contribution in [0, 0.1) is 10.1 Å². The third-order valence-corrected chi connectivity index (χ3v) is 4.29. The highest BCUT2D eigenvalue weighted by Crippen LogP contribution is 2.26. The third-order valence-electron chi connectivity index (χ3n) is 4.29. The standard InChI is InChI=1S/C16H24N2O4/c1-12-6-5-7-13(2)17(12)10-14(19)11-22-16-9-4-3-8-15(16)18(20)21/h3-4,8-9,12-14,19H,5-7,10-11H2,1-2H3/t12-,13-,14-/m0/s1. The lowest BCUT2D eigenvalue weighted by Gasteiger charge is -2.39. The number of ether oxygens (including phenoxy) is 1. The number of para-hydroxylation sites is 2. The number of nitro groups is 1. The molecule has 1 aliphatic rings. The van der Waals surface area contributed by atoms with E-state index in [1.54, 1.807) is 18.2 Å². The quantitative estimate of drug-likeness (QED) is 0.646. The minimum atomic E-state index is -0.664. The van der Waals surface area contributed by atoms with E-state index in [4.69, 9.17) is 4.74 Å². The number of likely N-dealkylation sites (tertiary alicyclic amines) is 1. The van der Waals surface area contributed by atoms with Gasteiger partial charge >= 0.3 is 5.69 Å². The number of nitrogens with zero attached hydrogens (tertiary/aromatic N) is 2. The Hall–Kier alpha value is -1.66. The molecular formula is C16H24N2O4. The molecule has 0 spiro atoms. The second-order valence-corrected chi connectivity index (χ2v) is 6.02. The molecule has 1 N–H and O–H groups in total. The summed E-state index contributed by atoms with van der Waals surface area (Å²) in [5.41, 5.74) is -0.0746. The van der Waals surface area contributed by atoms with Crippen LogP contribution in [0.1, 0.15) is 33.1 Å². The Kier molecular flexibility index (Phi) is 5.74. The number of hydrogen-bond acceptors (Lipinski definition) is 5. The van der Waals surface area contributed by atoms with Crippen LogP contribution >= 0.6 is 0 Å². The van der Waals surface area contributed by atoms with E-state index in [-0.39, 0.29) is 18.0 Å². The third kappa shape index (κ3) is 4.18. The Morgan fingerprint density at radius 3 is 2.64 bits per heavy atom. The van der Waals surface area contributed by atoms with E-state index in [2.05, 4.69) is 18.7 Å². The van der Waals surface area contributed by atoms with Gasteiger partial charge in [0.15, 0.2) is 5.75 Å². The fraction of sp³-hybridized carbons (Fsp3) is 0.625. The smallest absolute Gasteiger partial charge is 0.310 e. The molecular weight excluding hydrogens is 284 g/mol. The molecule has 1 aromatic rings. The summed E-state index contributed by atoms with van der Waals surface area (Å²) in [7, 11) is 0. The van der Waals surface area contributed by atoms with E-state index in [1.807, 2.05) is 0 Å². The van der Waals surface area contributed by atoms with Crippen LogP contribution in [0.25, 0.3) is 0 Å².